The monoisotopic (exact) mass is 253 g/mol. The Balaban J connectivity index is 1.96. The number of halogens is 1. The third kappa shape index (κ3) is 3.12. The molecule has 17 heavy (non-hydrogen) atoms. The maximum absolute atomic E-state index is 11.8. The molecule has 1 heterocycles. The van der Waals surface area contributed by atoms with E-state index in [1.807, 2.05) is 10.6 Å². The summed E-state index contributed by atoms with van der Waals surface area (Å²) in [6, 6.07) is 3.73. The molecule has 0 spiro atoms. The van der Waals surface area contributed by atoms with Crippen LogP contribution in [0.4, 0.5) is 0 Å². The van der Waals surface area contributed by atoms with Crippen molar-refractivity contribution in [3.05, 3.63) is 33.7 Å². The zero-order valence-corrected chi connectivity index (χ0v) is 11.0. The number of aromatic nitrogens is 1. The molecule has 1 aromatic rings. The molecule has 0 unspecified atom stereocenters. The molecule has 0 saturated carbocycles. The second-order valence-corrected chi connectivity index (χ2v) is 5.13. The zero-order chi connectivity index (χ0) is 12.1. The molecule has 0 bridgehead atoms. The molecule has 0 aromatic carbocycles. The maximum Gasteiger partial charge on any atom is 0.250 e. The molecule has 2 nitrogen and oxygen atoms in total. The number of hydrogen-bond donors (Lipinski definition) is 0. The van der Waals surface area contributed by atoms with Gasteiger partial charge in [0, 0.05) is 24.2 Å². The highest BCUT2D eigenvalue weighted by Crippen LogP contribution is 2.20. The summed E-state index contributed by atoms with van der Waals surface area (Å²) in [6.45, 7) is 0.879. The van der Waals surface area contributed by atoms with E-state index in [4.69, 9.17) is 11.6 Å². The lowest BCUT2D eigenvalue weighted by Gasteiger charge is -2.11. The maximum atomic E-state index is 11.8. The Morgan fingerprint density at radius 3 is 2.76 bits per heavy atom. The van der Waals surface area contributed by atoms with Crippen LogP contribution in [0.2, 0.25) is 0 Å². The molecule has 1 aliphatic carbocycles. The van der Waals surface area contributed by atoms with Crippen molar-refractivity contribution >= 4 is 11.6 Å². The Hall–Kier alpha value is -0.760. The standard InChI is InChI=1S/C14H20ClNO/c15-10-3-1-2-4-11-16-13-7-5-6-12(13)8-9-14(16)17/h8-9H,1-7,10-11H2. The van der Waals surface area contributed by atoms with Crippen LogP contribution in [-0.2, 0) is 19.4 Å². The zero-order valence-electron chi connectivity index (χ0n) is 10.3. The molecule has 3 heteroatoms. The van der Waals surface area contributed by atoms with Crippen LogP contribution >= 0.6 is 11.6 Å². The molecule has 0 N–H and O–H groups in total. The summed E-state index contributed by atoms with van der Waals surface area (Å²) in [4.78, 5) is 11.8. The number of rotatable bonds is 6. The second-order valence-electron chi connectivity index (χ2n) is 4.75. The highest BCUT2D eigenvalue weighted by atomic mass is 35.5. The molecule has 94 valence electrons. The van der Waals surface area contributed by atoms with Gasteiger partial charge in [0.25, 0.3) is 5.56 Å². The quantitative estimate of drug-likeness (QED) is 0.564. The molecule has 0 fully saturated rings. The van der Waals surface area contributed by atoms with Crippen LogP contribution in [0.25, 0.3) is 0 Å². The van der Waals surface area contributed by atoms with Crippen LogP contribution in [0, 0.1) is 0 Å². The summed E-state index contributed by atoms with van der Waals surface area (Å²) in [5, 5.41) is 0. The SMILES string of the molecule is O=c1ccc2c(n1CCCCCCCl)CCC2. The van der Waals surface area contributed by atoms with Gasteiger partial charge in [0.1, 0.15) is 0 Å². The van der Waals surface area contributed by atoms with Gasteiger partial charge in [-0.15, -0.1) is 11.6 Å². The first kappa shape index (κ1) is 12.7. The van der Waals surface area contributed by atoms with Crippen LogP contribution in [0.3, 0.4) is 0 Å². The van der Waals surface area contributed by atoms with Crippen molar-refractivity contribution < 1.29 is 0 Å². The van der Waals surface area contributed by atoms with Crippen LogP contribution in [0.1, 0.15) is 43.4 Å². The Morgan fingerprint density at radius 2 is 1.94 bits per heavy atom. The summed E-state index contributed by atoms with van der Waals surface area (Å²) in [7, 11) is 0. The lowest BCUT2D eigenvalue weighted by molar-refractivity contribution is 0.556. The van der Waals surface area contributed by atoms with E-state index in [-0.39, 0.29) is 5.56 Å². The van der Waals surface area contributed by atoms with Crippen molar-refractivity contribution in [2.24, 2.45) is 0 Å². The van der Waals surface area contributed by atoms with Crippen molar-refractivity contribution in [2.45, 2.75) is 51.5 Å². The topological polar surface area (TPSA) is 22.0 Å². The van der Waals surface area contributed by atoms with Gasteiger partial charge in [-0.2, -0.15) is 0 Å². The minimum absolute atomic E-state index is 0.169. The Labute approximate surface area is 108 Å². The first-order valence-corrected chi connectivity index (χ1v) is 7.14. The van der Waals surface area contributed by atoms with Gasteiger partial charge in [0.15, 0.2) is 0 Å². The first-order chi connectivity index (χ1) is 8.33. The van der Waals surface area contributed by atoms with Gasteiger partial charge in [-0.25, -0.2) is 0 Å². The molecule has 0 aliphatic heterocycles. The smallest absolute Gasteiger partial charge is 0.250 e. The van der Waals surface area contributed by atoms with E-state index in [0.29, 0.717) is 0 Å². The van der Waals surface area contributed by atoms with Gasteiger partial charge in [-0.3, -0.25) is 4.79 Å². The molecule has 0 atom stereocenters. The fourth-order valence-corrected chi connectivity index (χ4v) is 2.79. The molecular weight excluding hydrogens is 234 g/mol. The van der Waals surface area contributed by atoms with E-state index < -0.39 is 0 Å². The van der Waals surface area contributed by atoms with E-state index in [1.54, 1.807) is 6.07 Å². The normalized spacial score (nSPS) is 13.9. The highest BCUT2D eigenvalue weighted by Gasteiger charge is 2.14. The summed E-state index contributed by atoms with van der Waals surface area (Å²) >= 11 is 5.64. The van der Waals surface area contributed by atoms with E-state index >= 15 is 0 Å². The van der Waals surface area contributed by atoms with Gasteiger partial charge in [0.2, 0.25) is 0 Å². The number of unbranched alkanes of at least 4 members (excludes halogenated alkanes) is 3. The predicted molar refractivity (Wildman–Crippen MR) is 71.9 cm³/mol. The highest BCUT2D eigenvalue weighted by molar-refractivity contribution is 6.17. The molecule has 0 radical (unpaired) electrons. The van der Waals surface area contributed by atoms with Crippen molar-refractivity contribution in [3.8, 4) is 0 Å². The van der Waals surface area contributed by atoms with Crippen molar-refractivity contribution in [1.29, 1.82) is 0 Å². The fourth-order valence-electron chi connectivity index (χ4n) is 2.60. The van der Waals surface area contributed by atoms with Crippen LogP contribution < -0.4 is 5.56 Å². The largest absolute Gasteiger partial charge is 0.312 e. The molecule has 1 aromatic heterocycles. The predicted octanol–water partition coefficient (Wildman–Crippen LogP) is 3.14. The van der Waals surface area contributed by atoms with Gasteiger partial charge >= 0.3 is 0 Å². The molecular formula is C14H20ClNO. The molecule has 0 amide bonds. The minimum Gasteiger partial charge on any atom is -0.312 e. The van der Waals surface area contributed by atoms with Crippen LogP contribution in [0.5, 0.6) is 0 Å². The average Bonchev–Trinajstić information content (AvgIpc) is 2.79. The van der Waals surface area contributed by atoms with Gasteiger partial charge < -0.3 is 4.57 Å². The molecule has 1 aliphatic rings. The third-order valence-corrected chi connectivity index (χ3v) is 3.78. The van der Waals surface area contributed by atoms with Crippen molar-refractivity contribution in [3.63, 3.8) is 0 Å². The average molecular weight is 254 g/mol. The van der Waals surface area contributed by atoms with Crippen molar-refractivity contribution in [2.75, 3.05) is 5.88 Å². The Bertz CT molecular complexity index is 425. The summed E-state index contributed by atoms with van der Waals surface area (Å²) < 4.78 is 1.99. The van der Waals surface area contributed by atoms with E-state index in [1.165, 1.54) is 30.5 Å². The van der Waals surface area contributed by atoms with Gasteiger partial charge in [0.05, 0.1) is 0 Å². The second kappa shape index (κ2) is 6.25. The summed E-state index contributed by atoms with van der Waals surface area (Å²) in [5.74, 6) is 0.751. The van der Waals surface area contributed by atoms with Crippen LogP contribution in [0.15, 0.2) is 16.9 Å². The number of aryl methyl sites for hydroxylation is 1. The number of fused-ring (bicyclic) bond motifs is 1. The Kier molecular flexibility index (Phi) is 4.66. The van der Waals surface area contributed by atoms with E-state index in [2.05, 4.69) is 0 Å². The summed E-state index contributed by atoms with van der Waals surface area (Å²) in [5.41, 5.74) is 2.84. The third-order valence-electron chi connectivity index (χ3n) is 3.51. The first-order valence-electron chi connectivity index (χ1n) is 6.60. The van der Waals surface area contributed by atoms with Crippen molar-refractivity contribution in [1.82, 2.24) is 4.57 Å². The molecule has 0 saturated heterocycles. The van der Waals surface area contributed by atoms with E-state index in [9.17, 15) is 4.79 Å². The summed E-state index contributed by atoms with van der Waals surface area (Å²) in [6.07, 6.45) is 7.94. The van der Waals surface area contributed by atoms with Gasteiger partial charge in [-0.05, 0) is 37.7 Å². The fraction of sp³-hybridized carbons (Fsp3) is 0.643. The van der Waals surface area contributed by atoms with Gasteiger partial charge in [-0.1, -0.05) is 18.9 Å². The molecule has 2 rings (SSSR count). The van der Waals surface area contributed by atoms with E-state index in [0.717, 1.165) is 38.1 Å². The number of nitrogens with zero attached hydrogens (tertiary/aromatic N) is 1. The number of alkyl halides is 1. The lowest BCUT2D eigenvalue weighted by atomic mass is 10.2. The van der Waals surface area contributed by atoms with Crippen LogP contribution in [-0.4, -0.2) is 10.4 Å². The number of hydrogen-bond acceptors (Lipinski definition) is 1. The minimum atomic E-state index is 0.169. The Morgan fingerprint density at radius 1 is 1.12 bits per heavy atom. The number of pyridine rings is 1. The lowest BCUT2D eigenvalue weighted by Crippen LogP contribution is -2.22.